The average molecular weight is 260 g/mol. The third-order valence-electron chi connectivity index (χ3n) is 2.61. The summed E-state index contributed by atoms with van der Waals surface area (Å²) in [6, 6.07) is 11.8. The fraction of sp³-hybridized carbons (Fsp3) is 0.214. The van der Waals surface area contributed by atoms with Crippen LogP contribution in [0.15, 0.2) is 41.8 Å². The predicted molar refractivity (Wildman–Crippen MR) is 76.0 cm³/mol. The second kappa shape index (κ2) is 5.69. The zero-order valence-electron chi connectivity index (χ0n) is 10.5. The highest BCUT2D eigenvalue weighted by Gasteiger charge is 2.11. The number of nitrogens with one attached hydrogen (secondary N) is 1. The van der Waals surface area contributed by atoms with Gasteiger partial charge in [-0.15, -0.1) is 11.3 Å². The second-order valence-corrected chi connectivity index (χ2v) is 4.95. The predicted octanol–water partition coefficient (Wildman–Crippen LogP) is 3.23. The molecule has 0 spiro atoms. The number of carbonyl (C=O) groups is 1. The van der Waals surface area contributed by atoms with Crippen LogP contribution in [0.3, 0.4) is 0 Å². The summed E-state index contributed by atoms with van der Waals surface area (Å²) < 4.78 is 0. The van der Waals surface area contributed by atoms with Gasteiger partial charge in [0.2, 0.25) is 0 Å². The van der Waals surface area contributed by atoms with E-state index in [1.807, 2.05) is 54.6 Å². The molecule has 1 amide bonds. The van der Waals surface area contributed by atoms with Gasteiger partial charge in [0.05, 0.1) is 10.6 Å². The van der Waals surface area contributed by atoms with Crippen LogP contribution in [0.5, 0.6) is 0 Å². The van der Waals surface area contributed by atoms with Crippen LogP contribution in [0.2, 0.25) is 0 Å². The zero-order valence-corrected chi connectivity index (χ0v) is 11.3. The number of amides is 1. The van der Waals surface area contributed by atoms with Crippen molar-refractivity contribution in [2.45, 2.75) is 13.8 Å². The van der Waals surface area contributed by atoms with Crippen LogP contribution < -0.4 is 10.4 Å². The lowest BCUT2D eigenvalue weighted by Crippen LogP contribution is -2.42. The number of nitrogens with zero attached hydrogens (tertiary/aromatic N) is 1. The van der Waals surface area contributed by atoms with Crippen molar-refractivity contribution in [3.63, 3.8) is 0 Å². The Morgan fingerprint density at radius 3 is 2.78 bits per heavy atom. The van der Waals surface area contributed by atoms with Gasteiger partial charge in [0, 0.05) is 6.54 Å². The fourth-order valence-corrected chi connectivity index (χ4v) is 2.32. The van der Waals surface area contributed by atoms with Crippen LogP contribution in [0.4, 0.5) is 5.69 Å². The molecular formula is C14H16N2OS. The largest absolute Gasteiger partial charge is 0.286 e. The molecule has 0 aliphatic rings. The molecule has 0 fully saturated rings. The number of hydrogen-bond acceptors (Lipinski definition) is 3. The van der Waals surface area contributed by atoms with Gasteiger partial charge >= 0.3 is 0 Å². The lowest BCUT2D eigenvalue weighted by Gasteiger charge is -2.23. The molecule has 3 nitrogen and oxygen atoms in total. The van der Waals surface area contributed by atoms with Crippen LogP contribution in [0.25, 0.3) is 0 Å². The van der Waals surface area contributed by atoms with Gasteiger partial charge < -0.3 is 0 Å². The van der Waals surface area contributed by atoms with Crippen molar-refractivity contribution in [2.75, 3.05) is 11.6 Å². The lowest BCUT2D eigenvalue weighted by atomic mass is 10.2. The van der Waals surface area contributed by atoms with E-state index in [0.717, 1.165) is 17.1 Å². The quantitative estimate of drug-likeness (QED) is 0.856. The number of carbonyl (C=O) groups excluding carboxylic acids is 1. The molecule has 0 saturated heterocycles. The van der Waals surface area contributed by atoms with Crippen molar-refractivity contribution in [3.8, 4) is 0 Å². The summed E-state index contributed by atoms with van der Waals surface area (Å²) in [6.45, 7) is 4.77. The topological polar surface area (TPSA) is 32.3 Å². The summed E-state index contributed by atoms with van der Waals surface area (Å²) in [5.74, 6) is -0.0617. The summed E-state index contributed by atoms with van der Waals surface area (Å²) in [4.78, 5) is 12.7. The highest BCUT2D eigenvalue weighted by molar-refractivity contribution is 7.12. The molecular weight excluding hydrogens is 244 g/mol. The van der Waals surface area contributed by atoms with Gasteiger partial charge in [0.1, 0.15) is 0 Å². The molecule has 2 aromatic rings. The molecule has 18 heavy (non-hydrogen) atoms. The third kappa shape index (κ3) is 2.90. The maximum Gasteiger partial charge on any atom is 0.279 e. The molecule has 1 aromatic carbocycles. The summed E-state index contributed by atoms with van der Waals surface area (Å²) in [7, 11) is 0. The first-order chi connectivity index (χ1) is 8.70. The van der Waals surface area contributed by atoms with E-state index >= 15 is 0 Å². The molecule has 0 atom stereocenters. The van der Waals surface area contributed by atoms with Gasteiger partial charge in [0.25, 0.3) is 5.91 Å². The molecule has 4 heteroatoms. The van der Waals surface area contributed by atoms with Crippen molar-refractivity contribution in [1.29, 1.82) is 0 Å². The van der Waals surface area contributed by atoms with E-state index in [1.54, 1.807) is 0 Å². The molecule has 0 aliphatic heterocycles. The Labute approximate surface area is 111 Å². The van der Waals surface area contributed by atoms with E-state index < -0.39 is 0 Å². The number of aryl methyl sites for hydroxylation is 1. The highest BCUT2D eigenvalue weighted by atomic mass is 32.1. The van der Waals surface area contributed by atoms with Crippen molar-refractivity contribution >= 4 is 22.9 Å². The van der Waals surface area contributed by atoms with Crippen molar-refractivity contribution in [3.05, 3.63) is 52.2 Å². The number of anilines is 1. The first-order valence-electron chi connectivity index (χ1n) is 5.89. The first kappa shape index (κ1) is 12.6. The van der Waals surface area contributed by atoms with E-state index in [1.165, 1.54) is 16.9 Å². The summed E-state index contributed by atoms with van der Waals surface area (Å²) >= 11 is 1.44. The molecule has 1 heterocycles. The first-order valence-corrected chi connectivity index (χ1v) is 6.77. The van der Waals surface area contributed by atoms with Crippen LogP contribution >= 0.6 is 11.3 Å². The number of hydrazine groups is 1. The minimum atomic E-state index is -0.0617. The molecule has 1 aromatic heterocycles. The van der Waals surface area contributed by atoms with Crippen molar-refractivity contribution < 1.29 is 4.79 Å². The number of hydrogen-bond donors (Lipinski definition) is 1. The normalized spacial score (nSPS) is 10.1. The minimum absolute atomic E-state index is 0.0617. The number of rotatable bonds is 4. The molecule has 0 unspecified atom stereocenters. The fourth-order valence-electron chi connectivity index (χ4n) is 1.71. The Bertz CT molecular complexity index is 522. The molecule has 0 saturated carbocycles. The standard InChI is InChI=1S/C14H16N2OS/c1-3-16(12-7-4-6-11(2)10-12)15-14(17)13-8-5-9-18-13/h4-10H,3H2,1-2H3,(H,15,17). The maximum absolute atomic E-state index is 12.0. The zero-order chi connectivity index (χ0) is 13.0. The summed E-state index contributed by atoms with van der Waals surface area (Å²) in [5, 5.41) is 3.76. The van der Waals surface area contributed by atoms with Crippen LogP contribution in [0, 0.1) is 6.92 Å². The average Bonchev–Trinajstić information content (AvgIpc) is 2.89. The highest BCUT2D eigenvalue weighted by Crippen LogP contribution is 2.15. The Morgan fingerprint density at radius 1 is 1.33 bits per heavy atom. The van der Waals surface area contributed by atoms with Gasteiger partial charge in [-0.3, -0.25) is 15.2 Å². The van der Waals surface area contributed by atoms with Gasteiger partial charge in [-0.2, -0.15) is 0 Å². The second-order valence-electron chi connectivity index (χ2n) is 4.00. The lowest BCUT2D eigenvalue weighted by molar-refractivity contribution is 0.0953. The van der Waals surface area contributed by atoms with Crippen LogP contribution in [-0.2, 0) is 0 Å². The Balaban J connectivity index is 2.13. The van der Waals surface area contributed by atoms with Crippen molar-refractivity contribution in [2.24, 2.45) is 0 Å². The van der Waals surface area contributed by atoms with Gasteiger partial charge in [-0.05, 0) is 43.0 Å². The van der Waals surface area contributed by atoms with Crippen LogP contribution in [0.1, 0.15) is 22.2 Å². The molecule has 94 valence electrons. The Hall–Kier alpha value is -1.81. The van der Waals surface area contributed by atoms with E-state index in [4.69, 9.17) is 0 Å². The van der Waals surface area contributed by atoms with Gasteiger partial charge in [-0.25, -0.2) is 0 Å². The molecule has 0 bridgehead atoms. The van der Waals surface area contributed by atoms with Crippen molar-refractivity contribution in [1.82, 2.24) is 5.43 Å². The summed E-state index contributed by atoms with van der Waals surface area (Å²) in [5.41, 5.74) is 5.10. The van der Waals surface area contributed by atoms with E-state index in [-0.39, 0.29) is 5.91 Å². The molecule has 2 rings (SSSR count). The number of benzene rings is 1. The minimum Gasteiger partial charge on any atom is -0.286 e. The molecule has 0 aliphatic carbocycles. The van der Waals surface area contributed by atoms with Crippen LogP contribution in [-0.4, -0.2) is 12.5 Å². The smallest absolute Gasteiger partial charge is 0.279 e. The molecule has 0 radical (unpaired) electrons. The van der Waals surface area contributed by atoms with Gasteiger partial charge in [0.15, 0.2) is 0 Å². The Kier molecular flexibility index (Phi) is 3.99. The Morgan fingerprint density at radius 2 is 2.17 bits per heavy atom. The SMILES string of the molecule is CCN(NC(=O)c1cccs1)c1cccc(C)c1. The molecule has 1 N–H and O–H groups in total. The summed E-state index contributed by atoms with van der Waals surface area (Å²) in [6.07, 6.45) is 0. The van der Waals surface area contributed by atoms with Gasteiger partial charge in [-0.1, -0.05) is 18.2 Å². The maximum atomic E-state index is 12.0. The van der Waals surface area contributed by atoms with E-state index in [9.17, 15) is 4.79 Å². The van der Waals surface area contributed by atoms with E-state index in [0.29, 0.717) is 0 Å². The monoisotopic (exact) mass is 260 g/mol. The third-order valence-corrected chi connectivity index (χ3v) is 3.48. The van der Waals surface area contributed by atoms with E-state index in [2.05, 4.69) is 11.5 Å². The number of thiophene rings is 1.